The topological polar surface area (TPSA) is 63.0 Å². The lowest BCUT2D eigenvalue weighted by atomic mass is 10.2. The normalized spacial score (nSPS) is 20.9. The van der Waals surface area contributed by atoms with Crippen molar-refractivity contribution in [2.24, 2.45) is 0 Å². The van der Waals surface area contributed by atoms with Crippen LogP contribution in [0, 0.1) is 6.92 Å². The third kappa shape index (κ3) is 4.60. The SMILES string of the molecule is CCCN(CCC(=O)N1CC(C)OC(C)C1)C(=O)c1ccoc1C. The van der Waals surface area contributed by atoms with Crippen LogP contribution in [-0.4, -0.2) is 60.0 Å². The zero-order chi connectivity index (χ0) is 17.7. The fourth-order valence-electron chi connectivity index (χ4n) is 3.13. The number of hydrogen-bond donors (Lipinski definition) is 0. The molecule has 2 atom stereocenters. The molecule has 0 aliphatic carbocycles. The molecule has 0 aromatic carbocycles. The quantitative estimate of drug-likeness (QED) is 0.800. The lowest BCUT2D eigenvalue weighted by molar-refractivity contribution is -0.143. The summed E-state index contributed by atoms with van der Waals surface area (Å²) in [5.41, 5.74) is 0.574. The van der Waals surface area contributed by atoms with Crippen LogP contribution in [0.1, 0.15) is 49.7 Å². The van der Waals surface area contributed by atoms with E-state index in [1.54, 1.807) is 17.9 Å². The molecule has 2 rings (SSSR count). The number of carbonyl (C=O) groups is 2. The van der Waals surface area contributed by atoms with Crippen molar-refractivity contribution < 1.29 is 18.7 Å². The van der Waals surface area contributed by atoms with Crippen molar-refractivity contribution in [3.63, 3.8) is 0 Å². The number of ether oxygens (including phenoxy) is 1. The second-order valence-corrected chi connectivity index (χ2v) is 6.49. The fourth-order valence-corrected chi connectivity index (χ4v) is 3.13. The van der Waals surface area contributed by atoms with Crippen molar-refractivity contribution in [1.29, 1.82) is 0 Å². The van der Waals surface area contributed by atoms with Gasteiger partial charge < -0.3 is 19.0 Å². The summed E-state index contributed by atoms with van der Waals surface area (Å²) >= 11 is 0. The molecule has 2 amide bonds. The van der Waals surface area contributed by atoms with Crippen LogP contribution >= 0.6 is 0 Å². The predicted octanol–water partition coefficient (Wildman–Crippen LogP) is 2.47. The fraction of sp³-hybridized carbons (Fsp3) is 0.667. The molecule has 6 nitrogen and oxygen atoms in total. The standard InChI is InChI=1S/C18H28N2O4/c1-5-8-19(18(22)16-7-10-23-15(16)4)9-6-17(21)20-11-13(2)24-14(3)12-20/h7,10,13-14H,5-6,8-9,11-12H2,1-4H3. The smallest absolute Gasteiger partial charge is 0.257 e. The van der Waals surface area contributed by atoms with Crippen molar-refractivity contribution in [3.05, 3.63) is 23.7 Å². The highest BCUT2D eigenvalue weighted by Crippen LogP contribution is 2.15. The average molecular weight is 336 g/mol. The van der Waals surface area contributed by atoms with Crippen LogP contribution in [0.5, 0.6) is 0 Å². The van der Waals surface area contributed by atoms with E-state index in [0.717, 1.165) is 6.42 Å². The molecule has 1 saturated heterocycles. The monoisotopic (exact) mass is 336 g/mol. The third-order valence-electron chi connectivity index (χ3n) is 4.24. The zero-order valence-corrected chi connectivity index (χ0v) is 15.1. The molecule has 0 N–H and O–H groups in total. The second kappa shape index (κ2) is 8.33. The van der Waals surface area contributed by atoms with Crippen LogP contribution in [0.25, 0.3) is 0 Å². The maximum Gasteiger partial charge on any atom is 0.257 e. The van der Waals surface area contributed by atoms with Gasteiger partial charge in [0, 0.05) is 32.6 Å². The molecule has 1 aromatic heterocycles. The molecule has 0 saturated carbocycles. The number of nitrogens with zero attached hydrogens (tertiary/aromatic N) is 2. The zero-order valence-electron chi connectivity index (χ0n) is 15.1. The summed E-state index contributed by atoms with van der Waals surface area (Å²) in [7, 11) is 0. The third-order valence-corrected chi connectivity index (χ3v) is 4.24. The molecular weight excluding hydrogens is 308 g/mol. The van der Waals surface area contributed by atoms with Gasteiger partial charge in [0.2, 0.25) is 5.91 Å². The van der Waals surface area contributed by atoms with Crippen LogP contribution in [0.2, 0.25) is 0 Å². The summed E-state index contributed by atoms with van der Waals surface area (Å²) in [5, 5.41) is 0. The number of morpholine rings is 1. The average Bonchev–Trinajstić information content (AvgIpc) is 2.95. The lowest BCUT2D eigenvalue weighted by Crippen LogP contribution is -2.49. The van der Waals surface area contributed by atoms with Crippen LogP contribution in [0.15, 0.2) is 16.7 Å². The summed E-state index contributed by atoms with van der Waals surface area (Å²) in [6, 6.07) is 1.69. The molecule has 2 heterocycles. The van der Waals surface area contributed by atoms with Crippen molar-refractivity contribution in [1.82, 2.24) is 9.80 Å². The minimum absolute atomic E-state index is 0.0552. The molecule has 134 valence electrons. The van der Waals surface area contributed by atoms with Gasteiger partial charge in [0.05, 0.1) is 24.0 Å². The van der Waals surface area contributed by atoms with Crippen molar-refractivity contribution in [2.75, 3.05) is 26.2 Å². The molecular formula is C18H28N2O4. The molecule has 0 spiro atoms. The van der Waals surface area contributed by atoms with Crippen molar-refractivity contribution >= 4 is 11.8 Å². The Kier molecular flexibility index (Phi) is 6.43. The number of hydrogen-bond acceptors (Lipinski definition) is 4. The Hall–Kier alpha value is -1.82. The van der Waals surface area contributed by atoms with Gasteiger partial charge in [-0.3, -0.25) is 9.59 Å². The van der Waals surface area contributed by atoms with E-state index in [2.05, 4.69) is 0 Å². The Morgan fingerprint density at radius 2 is 1.92 bits per heavy atom. The number of rotatable bonds is 6. The minimum atomic E-state index is -0.0698. The van der Waals surface area contributed by atoms with E-state index in [1.165, 1.54) is 6.26 Å². The number of furan rings is 1. The summed E-state index contributed by atoms with van der Waals surface area (Å²) in [6.45, 7) is 10.0. The van der Waals surface area contributed by atoms with Gasteiger partial charge in [-0.1, -0.05) is 6.92 Å². The number of carbonyl (C=O) groups excluding carboxylic acids is 2. The molecule has 1 aliphatic heterocycles. The van der Waals surface area contributed by atoms with E-state index in [9.17, 15) is 9.59 Å². The number of amides is 2. The van der Waals surface area contributed by atoms with Gasteiger partial charge >= 0.3 is 0 Å². The highest BCUT2D eigenvalue weighted by atomic mass is 16.5. The molecule has 6 heteroatoms. The van der Waals surface area contributed by atoms with Gasteiger partial charge in [-0.25, -0.2) is 0 Å². The Bertz CT molecular complexity index is 559. The van der Waals surface area contributed by atoms with E-state index >= 15 is 0 Å². The Labute approximate surface area is 143 Å². The summed E-state index contributed by atoms with van der Waals surface area (Å²) < 4.78 is 10.9. The van der Waals surface area contributed by atoms with Gasteiger partial charge in [0.15, 0.2) is 0 Å². The molecule has 1 aromatic rings. The van der Waals surface area contributed by atoms with Crippen LogP contribution in [0.3, 0.4) is 0 Å². The van der Waals surface area contributed by atoms with E-state index in [4.69, 9.17) is 9.15 Å². The molecule has 24 heavy (non-hydrogen) atoms. The lowest BCUT2D eigenvalue weighted by Gasteiger charge is -2.35. The summed E-state index contributed by atoms with van der Waals surface area (Å²) in [4.78, 5) is 28.7. The van der Waals surface area contributed by atoms with E-state index in [0.29, 0.717) is 43.9 Å². The summed E-state index contributed by atoms with van der Waals surface area (Å²) in [6.07, 6.45) is 2.82. The van der Waals surface area contributed by atoms with Gasteiger partial charge in [0.25, 0.3) is 5.91 Å². The Balaban J connectivity index is 1.94. The first-order chi connectivity index (χ1) is 11.4. The van der Waals surface area contributed by atoms with E-state index < -0.39 is 0 Å². The van der Waals surface area contributed by atoms with Crippen LogP contribution < -0.4 is 0 Å². The van der Waals surface area contributed by atoms with Crippen LogP contribution in [-0.2, 0) is 9.53 Å². The summed E-state index contributed by atoms with van der Waals surface area (Å²) in [5.74, 6) is 0.623. The van der Waals surface area contributed by atoms with Crippen molar-refractivity contribution in [3.8, 4) is 0 Å². The van der Waals surface area contributed by atoms with Crippen LogP contribution in [0.4, 0.5) is 0 Å². The molecule has 0 radical (unpaired) electrons. The number of aryl methyl sites for hydroxylation is 1. The molecule has 2 unspecified atom stereocenters. The van der Waals surface area contributed by atoms with E-state index in [1.807, 2.05) is 25.7 Å². The predicted molar refractivity (Wildman–Crippen MR) is 90.8 cm³/mol. The van der Waals surface area contributed by atoms with Gasteiger partial charge in [0.1, 0.15) is 5.76 Å². The highest BCUT2D eigenvalue weighted by Gasteiger charge is 2.26. The first kappa shape index (κ1) is 18.5. The molecule has 0 bridgehead atoms. The maximum absolute atomic E-state index is 12.6. The Morgan fingerprint density at radius 1 is 1.25 bits per heavy atom. The van der Waals surface area contributed by atoms with Crippen molar-refractivity contribution in [2.45, 2.75) is 52.7 Å². The van der Waals surface area contributed by atoms with E-state index in [-0.39, 0.29) is 24.0 Å². The highest BCUT2D eigenvalue weighted by molar-refractivity contribution is 5.95. The second-order valence-electron chi connectivity index (χ2n) is 6.49. The Morgan fingerprint density at radius 3 is 2.46 bits per heavy atom. The van der Waals surface area contributed by atoms with Gasteiger partial charge in [-0.15, -0.1) is 0 Å². The maximum atomic E-state index is 12.6. The largest absolute Gasteiger partial charge is 0.469 e. The molecule has 1 fully saturated rings. The molecule has 1 aliphatic rings. The first-order valence-corrected chi connectivity index (χ1v) is 8.69. The van der Waals surface area contributed by atoms with Gasteiger partial charge in [-0.05, 0) is 33.3 Å². The van der Waals surface area contributed by atoms with Gasteiger partial charge in [-0.2, -0.15) is 0 Å². The first-order valence-electron chi connectivity index (χ1n) is 8.69. The minimum Gasteiger partial charge on any atom is -0.469 e.